The summed E-state index contributed by atoms with van der Waals surface area (Å²) in [6, 6.07) is 12.9. The average molecular weight is 383 g/mol. The molecule has 9 heteroatoms. The second-order valence-electron chi connectivity index (χ2n) is 5.82. The zero-order valence-corrected chi connectivity index (χ0v) is 14.9. The molecule has 0 saturated heterocycles. The minimum atomic E-state index is -0.839. The van der Waals surface area contributed by atoms with Crippen molar-refractivity contribution in [3.8, 4) is 5.75 Å². The van der Waals surface area contributed by atoms with E-state index in [-0.39, 0.29) is 10.8 Å². The Kier molecular flexibility index (Phi) is 5.54. The highest BCUT2D eigenvalue weighted by molar-refractivity contribution is 5.93. The largest absolute Gasteiger partial charge is 0.497 e. The molecular formula is C19H17N3O6. The molecular weight excluding hydrogens is 366 g/mol. The van der Waals surface area contributed by atoms with E-state index in [0.717, 1.165) is 4.68 Å². The summed E-state index contributed by atoms with van der Waals surface area (Å²) in [6.07, 6.45) is 0. The number of aromatic amines is 1. The Morgan fingerprint density at radius 1 is 1.07 bits per heavy atom. The van der Waals surface area contributed by atoms with Crippen molar-refractivity contribution in [2.75, 3.05) is 19.0 Å². The zero-order chi connectivity index (χ0) is 20.1. The number of fused-ring (bicyclic) bond motifs is 1. The number of H-pyrrole nitrogens is 1. The molecule has 0 aliphatic carbocycles. The molecule has 0 aliphatic rings. The van der Waals surface area contributed by atoms with Crippen molar-refractivity contribution < 1.29 is 19.1 Å². The van der Waals surface area contributed by atoms with Crippen LogP contribution in [0.1, 0.15) is 0 Å². The van der Waals surface area contributed by atoms with Crippen molar-refractivity contribution in [3.63, 3.8) is 0 Å². The average Bonchev–Trinajstić information content (AvgIpc) is 2.70. The lowest BCUT2D eigenvalue weighted by Gasteiger charge is -2.09. The van der Waals surface area contributed by atoms with Crippen molar-refractivity contribution in [1.82, 2.24) is 9.78 Å². The van der Waals surface area contributed by atoms with E-state index >= 15 is 0 Å². The Hall–Kier alpha value is -3.88. The number of ether oxygens (including phenoxy) is 2. The highest BCUT2D eigenvalue weighted by Crippen LogP contribution is 2.16. The SMILES string of the molecule is COc1cccc(NC(=O)COC(=O)Cn2[nH]c(=O)c3ccccc3c2=O)c1. The second kappa shape index (κ2) is 8.21. The van der Waals surface area contributed by atoms with Crippen LogP contribution in [0, 0.1) is 0 Å². The minimum absolute atomic E-state index is 0.190. The summed E-state index contributed by atoms with van der Waals surface area (Å²) in [6.45, 7) is -1.06. The van der Waals surface area contributed by atoms with Crippen LogP contribution in [-0.2, 0) is 20.9 Å². The summed E-state index contributed by atoms with van der Waals surface area (Å²) in [7, 11) is 1.50. The lowest BCUT2D eigenvalue weighted by atomic mass is 10.2. The van der Waals surface area contributed by atoms with Crippen LogP contribution in [-0.4, -0.2) is 35.4 Å². The molecule has 0 unspecified atom stereocenters. The zero-order valence-electron chi connectivity index (χ0n) is 14.9. The molecule has 2 aromatic carbocycles. The van der Waals surface area contributed by atoms with E-state index in [0.29, 0.717) is 11.4 Å². The fraction of sp³-hybridized carbons (Fsp3) is 0.158. The van der Waals surface area contributed by atoms with Crippen molar-refractivity contribution in [2.45, 2.75) is 6.54 Å². The monoisotopic (exact) mass is 383 g/mol. The molecule has 0 fully saturated rings. The maximum absolute atomic E-state index is 12.3. The van der Waals surface area contributed by atoms with E-state index in [9.17, 15) is 19.2 Å². The van der Waals surface area contributed by atoms with Gasteiger partial charge in [-0.1, -0.05) is 18.2 Å². The summed E-state index contributed by atoms with van der Waals surface area (Å²) < 4.78 is 10.8. The normalized spacial score (nSPS) is 10.5. The number of amides is 1. The van der Waals surface area contributed by atoms with E-state index in [1.807, 2.05) is 0 Å². The van der Waals surface area contributed by atoms with Gasteiger partial charge in [0.15, 0.2) is 6.61 Å². The van der Waals surface area contributed by atoms with E-state index in [2.05, 4.69) is 10.4 Å². The van der Waals surface area contributed by atoms with E-state index in [1.54, 1.807) is 36.4 Å². The van der Waals surface area contributed by atoms with Gasteiger partial charge in [0.25, 0.3) is 17.0 Å². The van der Waals surface area contributed by atoms with Gasteiger partial charge >= 0.3 is 5.97 Å². The van der Waals surface area contributed by atoms with Gasteiger partial charge in [-0.25, -0.2) is 4.68 Å². The van der Waals surface area contributed by atoms with Crippen LogP contribution >= 0.6 is 0 Å². The highest BCUT2D eigenvalue weighted by Gasteiger charge is 2.13. The molecule has 0 bridgehead atoms. The van der Waals surface area contributed by atoms with Crippen molar-refractivity contribution in [3.05, 3.63) is 69.2 Å². The number of carbonyl (C=O) groups excluding carboxylic acids is 2. The smallest absolute Gasteiger partial charge is 0.328 e. The van der Waals surface area contributed by atoms with E-state index < -0.39 is 36.1 Å². The number of carbonyl (C=O) groups is 2. The van der Waals surface area contributed by atoms with Gasteiger partial charge in [0.05, 0.1) is 17.9 Å². The fourth-order valence-corrected chi connectivity index (χ4v) is 2.58. The molecule has 0 saturated carbocycles. The Bertz CT molecular complexity index is 1150. The number of nitrogens with zero attached hydrogens (tertiary/aromatic N) is 1. The molecule has 0 aliphatic heterocycles. The fourth-order valence-electron chi connectivity index (χ4n) is 2.58. The first kappa shape index (κ1) is 18.9. The number of methoxy groups -OCH3 is 1. The lowest BCUT2D eigenvalue weighted by Crippen LogP contribution is -2.33. The molecule has 9 nitrogen and oxygen atoms in total. The number of anilines is 1. The molecule has 28 heavy (non-hydrogen) atoms. The number of rotatable bonds is 6. The van der Waals surface area contributed by atoms with Crippen LogP contribution in [0.3, 0.4) is 0 Å². The molecule has 0 radical (unpaired) electrons. The van der Waals surface area contributed by atoms with Gasteiger partial charge in [0, 0.05) is 11.8 Å². The van der Waals surface area contributed by atoms with Crippen LogP contribution in [0.25, 0.3) is 10.8 Å². The maximum atomic E-state index is 12.3. The third-order valence-corrected chi connectivity index (χ3v) is 3.89. The van der Waals surface area contributed by atoms with Crippen LogP contribution in [0.2, 0.25) is 0 Å². The molecule has 2 N–H and O–H groups in total. The van der Waals surface area contributed by atoms with Crippen LogP contribution in [0.4, 0.5) is 5.69 Å². The van der Waals surface area contributed by atoms with Crippen molar-refractivity contribution in [2.24, 2.45) is 0 Å². The van der Waals surface area contributed by atoms with Gasteiger partial charge < -0.3 is 14.8 Å². The molecule has 144 valence electrons. The predicted octanol–water partition coefficient (Wildman–Crippen LogP) is 0.880. The van der Waals surface area contributed by atoms with Crippen LogP contribution < -0.4 is 21.2 Å². The Labute approximate surface area is 158 Å². The molecule has 3 aromatic rings. The quantitative estimate of drug-likeness (QED) is 0.610. The summed E-state index contributed by atoms with van der Waals surface area (Å²) in [5.74, 6) is -0.829. The minimum Gasteiger partial charge on any atom is -0.497 e. The molecule has 1 heterocycles. The Morgan fingerprint density at radius 3 is 2.57 bits per heavy atom. The number of benzene rings is 2. The maximum Gasteiger partial charge on any atom is 0.328 e. The number of esters is 1. The first-order valence-corrected chi connectivity index (χ1v) is 8.29. The molecule has 3 rings (SSSR count). The molecule has 0 spiro atoms. The number of hydrogen-bond donors (Lipinski definition) is 2. The Morgan fingerprint density at radius 2 is 1.82 bits per heavy atom. The van der Waals surface area contributed by atoms with Gasteiger partial charge in [0.2, 0.25) is 0 Å². The third kappa shape index (κ3) is 4.26. The summed E-state index contributed by atoms with van der Waals surface area (Å²) in [5.41, 5.74) is -0.553. The van der Waals surface area contributed by atoms with Crippen LogP contribution in [0.5, 0.6) is 5.75 Å². The summed E-state index contributed by atoms with van der Waals surface area (Å²) >= 11 is 0. The number of hydrogen-bond acceptors (Lipinski definition) is 6. The molecule has 1 aromatic heterocycles. The third-order valence-electron chi connectivity index (χ3n) is 3.89. The molecule has 1 amide bonds. The van der Waals surface area contributed by atoms with Crippen molar-refractivity contribution in [1.29, 1.82) is 0 Å². The molecule has 0 atom stereocenters. The number of aromatic nitrogens is 2. The Balaban J connectivity index is 1.62. The van der Waals surface area contributed by atoms with Gasteiger partial charge in [-0.05, 0) is 24.3 Å². The highest BCUT2D eigenvalue weighted by atomic mass is 16.5. The topological polar surface area (TPSA) is 119 Å². The second-order valence-corrected chi connectivity index (χ2v) is 5.82. The van der Waals surface area contributed by atoms with Gasteiger partial charge in [0.1, 0.15) is 12.3 Å². The summed E-state index contributed by atoms with van der Waals surface area (Å²) in [5, 5.41) is 5.30. The van der Waals surface area contributed by atoms with Gasteiger partial charge in [-0.3, -0.25) is 24.3 Å². The first-order valence-electron chi connectivity index (χ1n) is 8.29. The lowest BCUT2D eigenvalue weighted by molar-refractivity contribution is -0.148. The number of nitrogens with one attached hydrogen (secondary N) is 2. The van der Waals surface area contributed by atoms with E-state index in [4.69, 9.17) is 9.47 Å². The summed E-state index contributed by atoms with van der Waals surface area (Å²) in [4.78, 5) is 48.2. The van der Waals surface area contributed by atoms with E-state index in [1.165, 1.54) is 19.2 Å². The van der Waals surface area contributed by atoms with Gasteiger partial charge in [-0.15, -0.1) is 0 Å². The first-order chi connectivity index (χ1) is 13.5. The van der Waals surface area contributed by atoms with Crippen LogP contribution in [0.15, 0.2) is 58.1 Å². The van der Waals surface area contributed by atoms with Gasteiger partial charge in [-0.2, -0.15) is 0 Å². The van der Waals surface area contributed by atoms with Crippen molar-refractivity contribution >= 4 is 28.3 Å². The standard InChI is InChI=1S/C19H17N3O6/c1-27-13-6-4-5-12(9-13)20-16(23)11-28-17(24)10-22-19(26)15-8-3-2-7-14(15)18(25)21-22/h2-9H,10-11H2,1H3,(H,20,23)(H,21,25). The predicted molar refractivity (Wildman–Crippen MR) is 101 cm³/mol.